The Labute approximate surface area is 91.9 Å². The molecule has 0 aliphatic rings. The Hall–Kier alpha value is -0.610. The number of carbonyl (C=O) groups excluding carboxylic acids is 1. The van der Waals surface area contributed by atoms with Gasteiger partial charge in [-0.15, -0.1) is 0 Å². The Morgan fingerprint density at radius 1 is 1.13 bits per heavy atom. The van der Waals surface area contributed by atoms with Crippen molar-refractivity contribution in [1.29, 1.82) is 0 Å². The zero-order chi connectivity index (χ0) is 11.8. The van der Waals surface area contributed by atoms with Crippen molar-refractivity contribution >= 4 is 5.97 Å². The van der Waals surface area contributed by atoms with Crippen LogP contribution in [-0.2, 0) is 19.0 Å². The smallest absolute Gasteiger partial charge is 0.311 e. The lowest BCUT2D eigenvalue weighted by molar-refractivity contribution is -0.177. The van der Waals surface area contributed by atoms with Crippen LogP contribution in [0.1, 0.15) is 34.6 Å². The van der Waals surface area contributed by atoms with Crippen molar-refractivity contribution in [2.45, 2.75) is 47.0 Å². The Kier molecular flexibility index (Phi) is 7.34. The van der Waals surface area contributed by atoms with E-state index in [1.54, 1.807) is 13.8 Å². The summed E-state index contributed by atoms with van der Waals surface area (Å²) in [6.07, 6.45) is -0.493. The van der Waals surface area contributed by atoms with Gasteiger partial charge in [0.05, 0.1) is 18.6 Å². The van der Waals surface area contributed by atoms with Crippen molar-refractivity contribution in [2.75, 3.05) is 13.2 Å². The molecule has 4 nitrogen and oxygen atoms in total. The summed E-state index contributed by atoms with van der Waals surface area (Å²) in [7, 11) is 0. The van der Waals surface area contributed by atoms with E-state index in [-0.39, 0.29) is 24.3 Å². The molecule has 15 heavy (non-hydrogen) atoms. The predicted molar refractivity (Wildman–Crippen MR) is 57.4 cm³/mol. The number of carbonyl (C=O) groups is 1. The molecule has 4 heteroatoms. The molecule has 0 aliphatic heterocycles. The standard InChI is InChI=1S/C11H22O4/c1-6-13-10(5)15-9(4)8(3)11(12)14-7-2/h8-10H,6-7H2,1-5H3. The summed E-state index contributed by atoms with van der Waals surface area (Å²) >= 11 is 0. The van der Waals surface area contributed by atoms with Gasteiger partial charge < -0.3 is 14.2 Å². The first-order valence-electron chi connectivity index (χ1n) is 5.46. The summed E-state index contributed by atoms with van der Waals surface area (Å²) in [6, 6.07) is 0. The summed E-state index contributed by atoms with van der Waals surface area (Å²) in [5.41, 5.74) is 0. The van der Waals surface area contributed by atoms with Gasteiger partial charge in [0, 0.05) is 6.61 Å². The lowest BCUT2D eigenvalue weighted by Gasteiger charge is -2.22. The van der Waals surface area contributed by atoms with Gasteiger partial charge in [-0.1, -0.05) is 0 Å². The summed E-state index contributed by atoms with van der Waals surface area (Å²) in [6.45, 7) is 10.1. The second-order valence-electron chi connectivity index (χ2n) is 3.40. The van der Waals surface area contributed by atoms with Gasteiger partial charge in [0.25, 0.3) is 0 Å². The second-order valence-corrected chi connectivity index (χ2v) is 3.40. The fourth-order valence-corrected chi connectivity index (χ4v) is 1.16. The van der Waals surface area contributed by atoms with Crippen LogP contribution >= 0.6 is 0 Å². The van der Waals surface area contributed by atoms with Crippen LogP contribution in [0.4, 0.5) is 0 Å². The largest absolute Gasteiger partial charge is 0.466 e. The van der Waals surface area contributed by atoms with E-state index >= 15 is 0 Å². The van der Waals surface area contributed by atoms with Crippen LogP contribution < -0.4 is 0 Å². The van der Waals surface area contributed by atoms with Gasteiger partial charge in [0.2, 0.25) is 0 Å². The van der Waals surface area contributed by atoms with Gasteiger partial charge in [0.15, 0.2) is 6.29 Å². The molecule has 0 radical (unpaired) electrons. The Bertz CT molecular complexity index is 181. The van der Waals surface area contributed by atoms with Gasteiger partial charge in [-0.2, -0.15) is 0 Å². The molecule has 0 aromatic carbocycles. The Morgan fingerprint density at radius 2 is 1.73 bits per heavy atom. The highest BCUT2D eigenvalue weighted by Crippen LogP contribution is 2.11. The maximum absolute atomic E-state index is 11.4. The molecule has 0 aromatic heterocycles. The van der Waals surface area contributed by atoms with E-state index in [0.29, 0.717) is 13.2 Å². The van der Waals surface area contributed by atoms with Gasteiger partial charge >= 0.3 is 5.97 Å². The molecule has 0 N–H and O–H groups in total. The van der Waals surface area contributed by atoms with Crippen LogP contribution in [0.15, 0.2) is 0 Å². The number of rotatable bonds is 7. The average Bonchev–Trinajstić information content (AvgIpc) is 2.17. The summed E-state index contributed by atoms with van der Waals surface area (Å²) < 4.78 is 15.6. The molecule has 0 bridgehead atoms. The maximum atomic E-state index is 11.4. The number of ether oxygens (including phenoxy) is 3. The zero-order valence-electron chi connectivity index (χ0n) is 10.3. The fourth-order valence-electron chi connectivity index (χ4n) is 1.16. The van der Waals surface area contributed by atoms with Crippen LogP contribution in [0.25, 0.3) is 0 Å². The first-order chi connectivity index (χ1) is 7.02. The van der Waals surface area contributed by atoms with Crippen molar-refractivity contribution in [3.8, 4) is 0 Å². The normalized spacial score (nSPS) is 16.9. The third-order valence-electron chi connectivity index (χ3n) is 2.17. The number of hydrogen-bond acceptors (Lipinski definition) is 4. The van der Waals surface area contributed by atoms with Crippen LogP contribution in [-0.4, -0.2) is 31.6 Å². The molecule has 0 saturated carbocycles. The topological polar surface area (TPSA) is 44.8 Å². The van der Waals surface area contributed by atoms with Crippen molar-refractivity contribution in [2.24, 2.45) is 5.92 Å². The molecule has 0 amide bonds. The van der Waals surface area contributed by atoms with E-state index < -0.39 is 0 Å². The van der Waals surface area contributed by atoms with Crippen LogP contribution in [0.3, 0.4) is 0 Å². The zero-order valence-corrected chi connectivity index (χ0v) is 10.3. The molecule has 3 unspecified atom stereocenters. The minimum absolute atomic E-state index is 0.203. The van der Waals surface area contributed by atoms with E-state index in [2.05, 4.69) is 0 Å². The van der Waals surface area contributed by atoms with E-state index in [1.165, 1.54) is 0 Å². The highest BCUT2D eigenvalue weighted by molar-refractivity contribution is 5.72. The fraction of sp³-hybridized carbons (Fsp3) is 0.909. The molecule has 0 heterocycles. The average molecular weight is 218 g/mol. The number of esters is 1. The third-order valence-corrected chi connectivity index (χ3v) is 2.17. The molecule has 0 fully saturated rings. The van der Waals surface area contributed by atoms with E-state index in [9.17, 15) is 4.79 Å². The quantitative estimate of drug-likeness (QED) is 0.484. The van der Waals surface area contributed by atoms with Crippen molar-refractivity contribution < 1.29 is 19.0 Å². The molecule has 0 aromatic rings. The Morgan fingerprint density at radius 3 is 2.20 bits per heavy atom. The van der Waals surface area contributed by atoms with Crippen LogP contribution in [0.2, 0.25) is 0 Å². The van der Waals surface area contributed by atoms with Crippen LogP contribution in [0.5, 0.6) is 0 Å². The number of hydrogen-bond donors (Lipinski definition) is 0. The maximum Gasteiger partial charge on any atom is 0.311 e. The SMILES string of the molecule is CCOC(=O)C(C)C(C)OC(C)OCC. The van der Waals surface area contributed by atoms with Crippen molar-refractivity contribution in [1.82, 2.24) is 0 Å². The van der Waals surface area contributed by atoms with E-state index in [4.69, 9.17) is 14.2 Å². The highest BCUT2D eigenvalue weighted by atomic mass is 16.7. The first kappa shape index (κ1) is 14.4. The van der Waals surface area contributed by atoms with Gasteiger partial charge in [-0.05, 0) is 34.6 Å². The third kappa shape index (κ3) is 5.74. The molecule has 0 rings (SSSR count). The lowest BCUT2D eigenvalue weighted by atomic mass is 10.1. The molecule has 0 saturated heterocycles. The Balaban J connectivity index is 3.97. The van der Waals surface area contributed by atoms with Gasteiger partial charge in [-0.3, -0.25) is 4.79 Å². The predicted octanol–water partition coefficient (Wildman–Crippen LogP) is 1.97. The highest BCUT2D eigenvalue weighted by Gasteiger charge is 2.23. The molecular formula is C11H22O4. The first-order valence-corrected chi connectivity index (χ1v) is 5.46. The van der Waals surface area contributed by atoms with E-state index in [0.717, 1.165) is 0 Å². The molecule has 3 atom stereocenters. The lowest BCUT2D eigenvalue weighted by Crippen LogP contribution is -2.31. The van der Waals surface area contributed by atoms with Gasteiger partial charge in [-0.25, -0.2) is 0 Å². The summed E-state index contributed by atoms with van der Waals surface area (Å²) in [4.78, 5) is 11.4. The second kappa shape index (κ2) is 7.65. The summed E-state index contributed by atoms with van der Waals surface area (Å²) in [5, 5.41) is 0. The molecule has 0 spiro atoms. The minimum atomic E-state index is -0.290. The van der Waals surface area contributed by atoms with Crippen molar-refractivity contribution in [3.63, 3.8) is 0 Å². The summed E-state index contributed by atoms with van der Waals surface area (Å²) in [5.74, 6) is -0.499. The van der Waals surface area contributed by atoms with Crippen molar-refractivity contribution in [3.05, 3.63) is 0 Å². The van der Waals surface area contributed by atoms with E-state index in [1.807, 2.05) is 20.8 Å². The molecule has 0 aliphatic carbocycles. The minimum Gasteiger partial charge on any atom is -0.466 e. The van der Waals surface area contributed by atoms with Gasteiger partial charge in [0.1, 0.15) is 0 Å². The van der Waals surface area contributed by atoms with Crippen LogP contribution in [0, 0.1) is 5.92 Å². The monoisotopic (exact) mass is 218 g/mol. The molecule has 90 valence electrons. The molecular weight excluding hydrogens is 196 g/mol.